The van der Waals surface area contributed by atoms with Crippen LogP contribution < -0.4 is 9.80 Å². The van der Waals surface area contributed by atoms with E-state index >= 15 is 0 Å². The molecule has 1 atom stereocenters. The van der Waals surface area contributed by atoms with Crippen molar-refractivity contribution in [2.45, 2.75) is 39.0 Å². The van der Waals surface area contributed by atoms with Crippen molar-refractivity contribution in [3.05, 3.63) is 24.3 Å². The van der Waals surface area contributed by atoms with E-state index in [1.807, 2.05) is 4.90 Å². The Balaban J connectivity index is 1.62. The molecule has 24 heavy (non-hydrogen) atoms. The van der Waals surface area contributed by atoms with Gasteiger partial charge in [-0.2, -0.15) is 0 Å². The van der Waals surface area contributed by atoms with Crippen molar-refractivity contribution in [3.63, 3.8) is 0 Å². The van der Waals surface area contributed by atoms with Gasteiger partial charge in [0.25, 0.3) is 0 Å². The summed E-state index contributed by atoms with van der Waals surface area (Å²) in [6, 6.07) is 8.42. The van der Waals surface area contributed by atoms with E-state index in [9.17, 15) is 9.59 Å². The van der Waals surface area contributed by atoms with Crippen LogP contribution in [0.1, 0.15) is 39.0 Å². The highest BCUT2D eigenvalue weighted by atomic mass is 32.2. The second-order valence-electron chi connectivity index (χ2n) is 6.79. The molecule has 0 spiro atoms. The predicted octanol–water partition coefficient (Wildman–Crippen LogP) is 3.70. The van der Waals surface area contributed by atoms with E-state index in [2.05, 4.69) is 29.2 Å². The van der Waals surface area contributed by atoms with E-state index in [-0.39, 0.29) is 16.9 Å². The van der Waals surface area contributed by atoms with Crippen molar-refractivity contribution >= 4 is 34.2 Å². The van der Waals surface area contributed by atoms with Gasteiger partial charge >= 0.3 is 0 Å². The molecule has 5 heteroatoms. The summed E-state index contributed by atoms with van der Waals surface area (Å²) in [4.78, 5) is 27.7. The molecule has 1 aromatic carbocycles. The van der Waals surface area contributed by atoms with E-state index in [0.29, 0.717) is 6.42 Å². The van der Waals surface area contributed by atoms with Gasteiger partial charge < -0.3 is 9.80 Å². The van der Waals surface area contributed by atoms with Crippen molar-refractivity contribution < 1.29 is 9.59 Å². The zero-order chi connectivity index (χ0) is 16.9. The Kier molecular flexibility index (Phi) is 5.82. The van der Waals surface area contributed by atoms with Crippen LogP contribution in [0, 0.1) is 5.92 Å². The molecule has 2 saturated heterocycles. The predicted molar refractivity (Wildman–Crippen MR) is 101 cm³/mol. The number of carbonyl (C=O) groups is 2. The SMILES string of the molecule is CC(=O)SCC1CC(=O)N(c2ccc(N3CCCCCC3)cc2)C1. The highest BCUT2D eigenvalue weighted by molar-refractivity contribution is 8.13. The number of carbonyl (C=O) groups excluding carboxylic acids is 2. The molecule has 1 unspecified atom stereocenters. The fraction of sp³-hybridized carbons (Fsp3) is 0.579. The first-order valence-corrected chi connectivity index (χ1v) is 9.91. The Bertz CT molecular complexity index is 580. The van der Waals surface area contributed by atoms with Crippen molar-refractivity contribution in [3.8, 4) is 0 Å². The van der Waals surface area contributed by atoms with Crippen LogP contribution >= 0.6 is 11.8 Å². The highest BCUT2D eigenvalue weighted by Gasteiger charge is 2.30. The second kappa shape index (κ2) is 8.06. The molecule has 0 bridgehead atoms. The monoisotopic (exact) mass is 346 g/mol. The minimum absolute atomic E-state index is 0.128. The Hall–Kier alpha value is -1.49. The quantitative estimate of drug-likeness (QED) is 0.833. The topological polar surface area (TPSA) is 40.6 Å². The zero-order valence-corrected chi connectivity index (χ0v) is 15.2. The van der Waals surface area contributed by atoms with Crippen LogP contribution in [-0.4, -0.2) is 36.4 Å². The minimum atomic E-state index is 0.128. The minimum Gasteiger partial charge on any atom is -0.372 e. The smallest absolute Gasteiger partial charge is 0.227 e. The fourth-order valence-electron chi connectivity index (χ4n) is 3.55. The van der Waals surface area contributed by atoms with E-state index in [1.54, 1.807) is 6.92 Å². The number of hydrogen-bond donors (Lipinski definition) is 0. The summed E-state index contributed by atoms with van der Waals surface area (Å²) in [6.07, 6.45) is 5.74. The van der Waals surface area contributed by atoms with E-state index in [4.69, 9.17) is 0 Å². The van der Waals surface area contributed by atoms with Crippen LogP contribution in [0.4, 0.5) is 11.4 Å². The zero-order valence-electron chi connectivity index (χ0n) is 14.4. The maximum Gasteiger partial charge on any atom is 0.227 e. The van der Waals surface area contributed by atoms with Crippen LogP contribution in [0.3, 0.4) is 0 Å². The molecular formula is C19H26N2O2S. The summed E-state index contributed by atoms with van der Waals surface area (Å²) in [5, 5.41) is 0.128. The lowest BCUT2D eigenvalue weighted by Gasteiger charge is -2.24. The average molecular weight is 346 g/mol. The van der Waals surface area contributed by atoms with Gasteiger partial charge in [-0.1, -0.05) is 24.6 Å². The number of benzene rings is 1. The van der Waals surface area contributed by atoms with Crippen LogP contribution in [-0.2, 0) is 9.59 Å². The lowest BCUT2D eigenvalue weighted by atomic mass is 10.1. The molecule has 2 heterocycles. The molecule has 0 N–H and O–H groups in total. The Labute approximate surface area is 148 Å². The Morgan fingerprint density at radius 2 is 1.71 bits per heavy atom. The Morgan fingerprint density at radius 1 is 1.08 bits per heavy atom. The van der Waals surface area contributed by atoms with Crippen LogP contribution in [0.2, 0.25) is 0 Å². The fourth-order valence-corrected chi connectivity index (χ4v) is 4.24. The summed E-state index contributed by atoms with van der Waals surface area (Å²) < 4.78 is 0. The molecular weight excluding hydrogens is 320 g/mol. The van der Waals surface area contributed by atoms with Gasteiger partial charge in [-0.15, -0.1) is 0 Å². The number of thioether (sulfide) groups is 1. The van der Waals surface area contributed by atoms with Crippen molar-refractivity contribution in [1.82, 2.24) is 0 Å². The van der Waals surface area contributed by atoms with Gasteiger partial charge in [0.2, 0.25) is 5.91 Å². The number of anilines is 2. The first kappa shape index (κ1) is 17.3. The van der Waals surface area contributed by atoms with Gasteiger partial charge in [-0.3, -0.25) is 9.59 Å². The normalized spacial score (nSPS) is 21.9. The van der Waals surface area contributed by atoms with E-state index in [1.165, 1.54) is 43.1 Å². The van der Waals surface area contributed by atoms with E-state index < -0.39 is 0 Å². The molecule has 0 aliphatic carbocycles. The largest absolute Gasteiger partial charge is 0.372 e. The average Bonchev–Trinajstić information content (AvgIpc) is 2.77. The molecule has 0 saturated carbocycles. The molecule has 3 rings (SSSR count). The molecule has 2 aliphatic rings. The summed E-state index contributed by atoms with van der Waals surface area (Å²) in [5.74, 6) is 1.19. The summed E-state index contributed by atoms with van der Waals surface area (Å²) in [7, 11) is 0. The second-order valence-corrected chi connectivity index (χ2v) is 7.99. The van der Waals surface area contributed by atoms with E-state index in [0.717, 1.165) is 31.1 Å². The third-order valence-electron chi connectivity index (χ3n) is 4.86. The van der Waals surface area contributed by atoms with Gasteiger partial charge in [0.1, 0.15) is 0 Å². The first-order valence-electron chi connectivity index (χ1n) is 8.92. The molecule has 0 aromatic heterocycles. The van der Waals surface area contributed by atoms with Crippen molar-refractivity contribution in [2.24, 2.45) is 5.92 Å². The molecule has 130 valence electrons. The van der Waals surface area contributed by atoms with Gasteiger partial charge in [0, 0.05) is 50.1 Å². The number of rotatable bonds is 4. The van der Waals surface area contributed by atoms with Crippen LogP contribution in [0.25, 0.3) is 0 Å². The number of hydrogen-bond acceptors (Lipinski definition) is 4. The highest BCUT2D eigenvalue weighted by Crippen LogP contribution is 2.29. The van der Waals surface area contributed by atoms with Crippen LogP contribution in [0.15, 0.2) is 24.3 Å². The van der Waals surface area contributed by atoms with Gasteiger partial charge in [0.05, 0.1) is 0 Å². The first-order chi connectivity index (χ1) is 11.6. The maximum absolute atomic E-state index is 12.3. The van der Waals surface area contributed by atoms with Gasteiger partial charge in [0.15, 0.2) is 5.12 Å². The van der Waals surface area contributed by atoms with Crippen molar-refractivity contribution in [2.75, 3.05) is 35.2 Å². The molecule has 1 aromatic rings. The lowest BCUT2D eigenvalue weighted by molar-refractivity contribution is -0.117. The molecule has 2 fully saturated rings. The molecule has 4 nitrogen and oxygen atoms in total. The van der Waals surface area contributed by atoms with Crippen molar-refractivity contribution in [1.29, 1.82) is 0 Å². The number of nitrogens with zero attached hydrogens (tertiary/aromatic N) is 2. The van der Waals surface area contributed by atoms with Crippen LogP contribution in [0.5, 0.6) is 0 Å². The molecule has 1 amide bonds. The lowest BCUT2D eigenvalue weighted by Crippen LogP contribution is -2.26. The standard InChI is InChI=1S/C19H26N2O2S/c1-15(22)24-14-16-12-19(23)21(13-16)18-8-6-17(7-9-18)20-10-4-2-3-5-11-20/h6-9,16H,2-5,10-14H2,1H3. The molecule has 0 radical (unpaired) electrons. The van der Waals surface area contributed by atoms with Gasteiger partial charge in [-0.05, 0) is 43.0 Å². The summed E-state index contributed by atoms with van der Waals surface area (Å²) >= 11 is 1.33. The Morgan fingerprint density at radius 3 is 2.33 bits per heavy atom. The molecule has 2 aliphatic heterocycles. The third-order valence-corrected chi connectivity index (χ3v) is 5.90. The summed E-state index contributed by atoms with van der Waals surface area (Å²) in [6.45, 7) is 4.57. The maximum atomic E-state index is 12.3. The summed E-state index contributed by atoms with van der Waals surface area (Å²) in [5.41, 5.74) is 2.24. The number of amides is 1. The third kappa shape index (κ3) is 4.32. The van der Waals surface area contributed by atoms with Gasteiger partial charge in [-0.25, -0.2) is 0 Å².